The molecular weight excluding hydrogens is 356 g/mol. The number of nitrogens with zero attached hydrogens (tertiary/aromatic N) is 2. The number of allylic oxidation sites excluding steroid dienone is 2. The summed E-state index contributed by atoms with van der Waals surface area (Å²) in [5, 5.41) is 11.8. The zero-order valence-electron chi connectivity index (χ0n) is 15.4. The van der Waals surface area contributed by atoms with Gasteiger partial charge in [0.25, 0.3) is 0 Å². The molecule has 0 bridgehead atoms. The third-order valence-electron chi connectivity index (χ3n) is 4.65. The Labute approximate surface area is 165 Å². The molecule has 3 rings (SSSR count). The van der Waals surface area contributed by atoms with Gasteiger partial charge in [-0.15, -0.1) is 0 Å². The molecular formula is C22H25ClN4. The maximum Gasteiger partial charge on any atom is 0.0740 e. The van der Waals surface area contributed by atoms with Crippen molar-refractivity contribution in [2.45, 2.75) is 31.6 Å². The lowest BCUT2D eigenvalue weighted by Gasteiger charge is -2.17. The van der Waals surface area contributed by atoms with Gasteiger partial charge in [-0.2, -0.15) is 0 Å². The minimum Gasteiger partial charge on any atom is -0.317 e. The molecule has 0 saturated heterocycles. The van der Waals surface area contributed by atoms with Crippen LogP contribution in [0.25, 0.3) is 0 Å². The van der Waals surface area contributed by atoms with Gasteiger partial charge in [0.2, 0.25) is 0 Å². The number of unbranched alkanes of at least 4 members (excludes halogenated alkanes) is 1. The van der Waals surface area contributed by atoms with Gasteiger partial charge in [0.05, 0.1) is 11.9 Å². The number of hydrogen-bond acceptors (Lipinski definition) is 4. The first-order chi connectivity index (χ1) is 13.2. The summed E-state index contributed by atoms with van der Waals surface area (Å²) in [5.74, 6) is 0.264. The lowest BCUT2D eigenvalue weighted by molar-refractivity contribution is 0.577. The van der Waals surface area contributed by atoms with Gasteiger partial charge in [-0.25, -0.2) is 0 Å². The molecule has 5 heteroatoms. The molecule has 1 aromatic carbocycles. The minimum atomic E-state index is 0.264. The van der Waals surface area contributed by atoms with Gasteiger partial charge in [-0.1, -0.05) is 29.8 Å². The van der Waals surface area contributed by atoms with E-state index in [1.54, 1.807) is 6.21 Å². The molecule has 0 aliphatic carbocycles. The second-order valence-corrected chi connectivity index (χ2v) is 7.14. The predicted molar refractivity (Wildman–Crippen MR) is 113 cm³/mol. The van der Waals surface area contributed by atoms with Gasteiger partial charge in [-0.3, -0.25) is 15.4 Å². The van der Waals surface area contributed by atoms with E-state index < -0.39 is 0 Å². The predicted octanol–water partition coefficient (Wildman–Crippen LogP) is 5.00. The second kappa shape index (κ2) is 10.1. The van der Waals surface area contributed by atoms with Crippen LogP contribution in [0.5, 0.6) is 0 Å². The summed E-state index contributed by atoms with van der Waals surface area (Å²) in [6, 6.07) is 14.2. The van der Waals surface area contributed by atoms with Crippen molar-refractivity contribution in [2.24, 2.45) is 4.99 Å². The van der Waals surface area contributed by atoms with E-state index in [2.05, 4.69) is 33.5 Å². The summed E-state index contributed by atoms with van der Waals surface area (Å²) in [6.45, 7) is 1.93. The molecule has 0 radical (unpaired) electrons. The monoisotopic (exact) mass is 380 g/mol. The molecule has 27 heavy (non-hydrogen) atoms. The number of halogens is 1. The smallest absolute Gasteiger partial charge is 0.0740 e. The molecule has 1 unspecified atom stereocenters. The highest BCUT2D eigenvalue weighted by Crippen LogP contribution is 2.27. The van der Waals surface area contributed by atoms with Crippen molar-refractivity contribution in [1.82, 2.24) is 10.3 Å². The third-order valence-corrected chi connectivity index (χ3v) is 4.91. The molecule has 2 aromatic rings. The standard InChI is InChI=1S/C22H25ClN4/c23-18-9-7-17(8-10-18)21(22-6-2-4-13-26-22)11-14-25-12-3-1-5-20-15-19(24)16-27-20/h2,4,6-10,13,15-16,21,24-25H,1,3,5,11-12,14H2. The van der Waals surface area contributed by atoms with Crippen molar-refractivity contribution in [3.8, 4) is 0 Å². The lowest BCUT2D eigenvalue weighted by Crippen LogP contribution is -2.19. The first-order valence-corrected chi connectivity index (χ1v) is 9.80. The van der Waals surface area contributed by atoms with Crippen molar-refractivity contribution in [2.75, 3.05) is 13.1 Å². The molecule has 1 aliphatic heterocycles. The van der Waals surface area contributed by atoms with E-state index in [0.29, 0.717) is 5.71 Å². The van der Waals surface area contributed by atoms with Crippen LogP contribution in [-0.4, -0.2) is 30.0 Å². The average molecular weight is 381 g/mol. The van der Waals surface area contributed by atoms with Crippen LogP contribution in [0.3, 0.4) is 0 Å². The number of nitrogens with one attached hydrogen (secondary N) is 2. The van der Waals surface area contributed by atoms with E-state index in [4.69, 9.17) is 17.0 Å². The van der Waals surface area contributed by atoms with Crippen LogP contribution in [0.15, 0.2) is 65.4 Å². The van der Waals surface area contributed by atoms with Crippen molar-refractivity contribution >= 4 is 23.5 Å². The minimum absolute atomic E-state index is 0.264. The quantitative estimate of drug-likeness (QED) is 0.569. The number of aliphatic imine (C=N–C) groups is 1. The first-order valence-electron chi connectivity index (χ1n) is 9.42. The molecule has 0 amide bonds. The lowest BCUT2D eigenvalue weighted by atomic mass is 9.92. The molecule has 2 N–H and O–H groups in total. The summed E-state index contributed by atoms with van der Waals surface area (Å²) in [4.78, 5) is 8.78. The number of rotatable bonds is 10. The van der Waals surface area contributed by atoms with E-state index in [0.717, 1.165) is 55.2 Å². The molecule has 1 aromatic heterocycles. The Morgan fingerprint density at radius 2 is 1.89 bits per heavy atom. The number of pyridine rings is 1. The van der Waals surface area contributed by atoms with Gasteiger partial charge < -0.3 is 5.32 Å². The largest absolute Gasteiger partial charge is 0.317 e. The highest BCUT2D eigenvalue weighted by atomic mass is 35.5. The third kappa shape index (κ3) is 6.12. The van der Waals surface area contributed by atoms with Crippen LogP contribution in [-0.2, 0) is 0 Å². The fourth-order valence-corrected chi connectivity index (χ4v) is 3.36. The maximum atomic E-state index is 7.49. The average Bonchev–Trinajstić information content (AvgIpc) is 3.11. The topological polar surface area (TPSA) is 61.1 Å². The van der Waals surface area contributed by atoms with Crippen LogP contribution in [0.2, 0.25) is 5.02 Å². The van der Waals surface area contributed by atoms with Crippen LogP contribution in [0.4, 0.5) is 0 Å². The molecule has 4 nitrogen and oxygen atoms in total. The Hall–Kier alpha value is -2.30. The molecule has 1 atom stereocenters. The fourth-order valence-electron chi connectivity index (χ4n) is 3.23. The van der Waals surface area contributed by atoms with Crippen LogP contribution >= 0.6 is 11.6 Å². The Kier molecular flexibility index (Phi) is 7.31. The molecule has 0 saturated carbocycles. The Morgan fingerprint density at radius 3 is 2.59 bits per heavy atom. The maximum absolute atomic E-state index is 7.49. The van der Waals surface area contributed by atoms with Gasteiger partial charge in [0.15, 0.2) is 0 Å². The van der Waals surface area contributed by atoms with Crippen LogP contribution in [0, 0.1) is 5.41 Å². The highest BCUT2D eigenvalue weighted by Gasteiger charge is 2.15. The van der Waals surface area contributed by atoms with Gasteiger partial charge >= 0.3 is 0 Å². The Bertz CT molecular complexity index is 797. The number of benzene rings is 1. The Morgan fingerprint density at radius 1 is 1.04 bits per heavy atom. The number of aromatic nitrogens is 1. The molecule has 1 aliphatic rings. The van der Waals surface area contributed by atoms with Crippen molar-refractivity contribution in [1.29, 1.82) is 5.41 Å². The fraction of sp³-hybridized carbons (Fsp3) is 0.318. The zero-order valence-corrected chi connectivity index (χ0v) is 16.1. The summed E-state index contributed by atoms with van der Waals surface area (Å²) >= 11 is 6.04. The van der Waals surface area contributed by atoms with Crippen molar-refractivity contribution < 1.29 is 0 Å². The summed E-state index contributed by atoms with van der Waals surface area (Å²) in [5.41, 5.74) is 3.87. The van der Waals surface area contributed by atoms with Gasteiger partial charge in [0, 0.05) is 28.5 Å². The van der Waals surface area contributed by atoms with E-state index >= 15 is 0 Å². The summed E-state index contributed by atoms with van der Waals surface area (Å²) in [7, 11) is 0. The van der Waals surface area contributed by atoms with E-state index in [1.807, 2.05) is 36.5 Å². The zero-order chi connectivity index (χ0) is 18.9. The molecule has 140 valence electrons. The van der Waals surface area contributed by atoms with Crippen LogP contribution < -0.4 is 5.32 Å². The van der Waals surface area contributed by atoms with E-state index in [-0.39, 0.29) is 5.92 Å². The SMILES string of the molecule is N=C1C=NC(CCCCNCCC(c2ccc(Cl)cc2)c2ccccn2)=C1. The van der Waals surface area contributed by atoms with E-state index in [9.17, 15) is 0 Å². The number of hydrogen-bond donors (Lipinski definition) is 2. The highest BCUT2D eigenvalue weighted by molar-refractivity contribution is 6.36. The first kappa shape index (κ1) is 19.5. The van der Waals surface area contributed by atoms with Crippen LogP contribution in [0.1, 0.15) is 42.9 Å². The second-order valence-electron chi connectivity index (χ2n) is 6.70. The van der Waals surface area contributed by atoms with Gasteiger partial charge in [0.1, 0.15) is 0 Å². The molecule has 2 heterocycles. The summed E-state index contributed by atoms with van der Waals surface area (Å²) < 4.78 is 0. The van der Waals surface area contributed by atoms with Crippen molar-refractivity contribution in [3.63, 3.8) is 0 Å². The van der Waals surface area contributed by atoms with Gasteiger partial charge in [-0.05, 0) is 74.7 Å². The Balaban J connectivity index is 1.44. The normalized spacial score (nSPS) is 14.4. The molecule has 0 spiro atoms. The summed E-state index contributed by atoms with van der Waals surface area (Å²) in [6.07, 6.45) is 9.44. The molecule has 0 fully saturated rings. The van der Waals surface area contributed by atoms with E-state index in [1.165, 1.54) is 5.56 Å². The van der Waals surface area contributed by atoms with Crippen molar-refractivity contribution in [3.05, 3.63) is 76.7 Å².